The van der Waals surface area contributed by atoms with Gasteiger partial charge in [0, 0.05) is 13.0 Å². The van der Waals surface area contributed by atoms with Crippen molar-refractivity contribution in [3.8, 4) is 5.75 Å². The van der Waals surface area contributed by atoms with E-state index in [9.17, 15) is 26.7 Å². The SMILES string of the molecule is CN(C)CCC(Oc1ccc(F)c(C(N)=O)c1F)c1cccc(C(F)(F)F)c1. The van der Waals surface area contributed by atoms with Gasteiger partial charge in [0.25, 0.3) is 5.91 Å². The number of amides is 1. The summed E-state index contributed by atoms with van der Waals surface area (Å²) in [6, 6.07) is 6.25. The van der Waals surface area contributed by atoms with Gasteiger partial charge in [-0.2, -0.15) is 13.2 Å². The largest absolute Gasteiger partial charge is 0.483 e. The third-order valence-corrected chi connectivity index (χ3v) is 4.00. The Labute approximate surface area is 158 Å². The summed E-state index contributed by atoms with van der Waals surface area (Å²) in [5.74, 6) is -4.24. The topological polar surface area (TPSA) is 55.6 Å². The summed E-state index contributed by atoms with van der Waals surface area (Å²) in [5.41, 5.74) is 3.31. The number of carbonyl (C=O) groups excluding carboxylic acids is 1. The van der Waals surface area contributed by atoms with E-state index >= 15 is 0 Å². The van der Waals surface area contributed by atoms with Crippen molar-refractivity contribution in [3.63, 3.8) is 0 Å². The zero-order valence-electron chi connectivity index (χ0n) is 15.2. The molecule has 0 fully saturated rings. The fourth-order valence-electron chi connectivity index (χ4n) is 2.59. The van der Waals surface area contributed by atoms with Crippen LogP contribution in [0.15, 0.2) is 36.4 Å². The van der Waals surface area contributed by atoms with E-state index in [0.29, 0.717) is 6.54 Å². The fourth-order valence-corrected chi connectivity index (χ4v) is 2.59. The molecule has 1 atom stereocenters. The van der Waals surface area contributed by atoms with E-state index in [2.05, 4.69) is 0 Å². The van der Waals surface area contributed by atoms with E-state index in [1.165, 1.54) is 12.1 Å². The molecule has 0 radical (unpaired) electrons. The number of primary amides is 1. The minimum absolute atomic E-state index is 0.168. The van der Waals surface area contributed by atoms with Crippen LogP contribution in [0.4, 0.5) is 22.0 Å². The van der Waals surface area contributed by atoms with E-state index in [1.807, 2.05) is 0 Å². The highest BCUT2D eigenvalue weighted by Gasteiger charge is 2.31. The first-order valence-electron chi connectivity index (χ1n) is 8.27. The van der Waals surface area contributed by atoms with Gasteiger partial charge in [-0.15, -0.1) is 0 Å². The van der Waals surface area contributed by atoms with Crippen LogP contribution in [0.3, 0.4) is 0 Å². The lowest BCUT2D eigenvalue weighted by atomic mass is 10.0. The van der Waals surface area contributed by atoms with Crippen LogP contribution in [0.25, 0.3) is 0 Å². The Morgan fingerprint density at radius 1 is 1.18 bits per heavy atom. The predicted octanol–water partition coefficient (Wildman–Crippen LogP) is 4.15. The average Bonchev–Trinajstić information content (AvgIpc) is 2.59. The van der Waals surface area contributed by atoms with Crippen LogP contribution in [0, 0.1) is 11.6 Å². The maximum absolute atomic E-state index is 14.5. The molecule has 2 N–H and O–H groups in total. The van der Waals surface area contributed by atoms with Crippen molar-refractivity contribution < 1.29 is 31.5 Å². The Morgan fingerprint density at radius 3 is 2.43 bits per heavy atom. The van der Waals surface area contributed by atoms with Crippen molar-refractivity contribution in [2.24, 2.45) is 5.73 Å². The Bertz CT molecular complexity index is 853. The number of hydrogen-bond acceptors (Lipinski definition) is 3. The van der Waals surface area contributed by atoms with E-state index in [1.54, 1.807) is 19.0 Å². The maximum atomic E-state index is 14.5. The van der Waals surface area contributed by atoms with Gasteiger partial charge in [0.05, 0.1) is 5.56 Å². The summed E-state index contributed by atoms with van der Waals surface area (Å²) in [6.07, 6.45) is -5.30. The first-order chi connectivity index (χ1) is 13.0. The van der Waals surface area contributed by atoms with Gasteiger partial charge >= 0.3 is 6.18 Å². The first kappa shape index (κ1) is 21.6. The fraction of sp³-hybridized carbons (Fsp3) is 0.316. The number of halogens is 5. The smallest absolute Gasteiger partial charge is 0.416 e. The lowest BCUT2D eigenvalue weighted by Gasteiger charge is -2.23. The number of nitrogens with zero attached hydrogens (tertiary/aromatic N) is 1. The minimum atomic E-state index is -4.55. The summed E-state index contributed by atoms with van der Waals surface area (Å²) in [4.78, 5) is 13.1. The van der Waals surface area contributed by atoms with Crippen LogP contribution in [-0.2, 0) is 6.18 Å². The van der Waals surface area contributed by atoms with Gasteiger partial charge in [0.15, 0.2) is 11.6 Å². The summed E-state index contributed by atoms with van der Waals surface area (Å²) >= 11 is 0. The molecule has 0 spiro atoms. The molecule has 9 heteroatoms. The van der Waals surface area contributed by atoms with Crippen LogP contribution in [-0.4, -0.2) is 31.4 Å². The van der Waals surface area contributed by atoms with Crippen molar-refractivity contribution in [2.45, 2.75) is 18.7 Å². The predicted molar refractivity (Wildman–Crippen MR) is 92.9 cm³/mol. The zero-order chi connectivity index (χ0) is 21.1. The number of ether oxygens (including phenoxy) is 1. The summed E-state index contributed by atoms with van der Waals surface area (Å²) in [6.45, 7) is 0.423. The molecule has 2 aromatic rings. The highest BCUT2D eigenvalue weighted by Crippen LogP contribution is 2.34. The Morgan fingerprint density at radius 2 is 1.86 bits per heavy atom. The van der Waals surface area contributed by atoms with Crippen molar-refractivity contribution in [3.05, 3.63) is 64.7 Å². The van der Waals surface area contributed by atoms with E-state index in [-0.39, 0.29) is 12.0 Å². The standard InChI is InChI=1S/C19H19F5N2O2/c1-26(2)9-8-14(11-4-3-5-12(10-11)19(22,23)24)28-15-7-6-13(20)16(17(15)21)18(25)27/h3-7,10,14H,8-9H2,1-2H3,(H2,25,27). The second kappa shape index (κ2) is 8.55. The number of hydrogen-bond donors (Lipinski definition) is 1. The Balaban J connectivity index is 2.43. The summed E-state index contributed by atoms with van der Waals surface area (Å²) < 4.78 is 72.7. The van der Waals surface area contributed by atoms with Gasteiger partial charge in [-0.3, -0.25) is 4.79 Å². The van der Waals surface area contributed by atoms with Crippen LogP contribution >= 0.6 is 0 Å². The molecule has 1 unspecified atom stereocenters. The van der Waals surface area contributed by atoms with Gasteiger partial charge in [0.1, 0.15) is 17.5 Å². The lowest BCUT2D eigenvalue weighted by molar-refractivity contribution is -0.137. The first-order valence-corrected chi connectivity index (χ1v) is 8.27. The Hall–Kier alpha value is -2.68. The van der Waals surface area contributed by atoms with Gasteiger partial charge < -0.3 is 15.4 Å². The van der Waals surface area contributed by atoms with Gasteiger partial charge in [-0.1, -0.05) is 12.1 Å². The molecule has 0 saturated carbocycles. The molecule has 0 aliphatic heterocycles. The average molecular weight is 402 g/mol. The number of rotatable bonds is 7. The normalized spacial score (nSPS) is 12.9. The van der Waals surface area contributed by atoms with Crippen molar-refractivity contribution in [2.75, 3.05) is 20.6 Å². The zero-order valence-corrected chi connectivity index (χ0v) is 15.2. The second-order valence-corrected chi connectivity index (χ2v) is 6.42. The molecule has 0 heterocycles. The highest BCUT2D eigenvalue weighted by molar-refractivity contribution is 5.93. The molecule has 2 rings (SSSR count). The lowest BCUT2D eigenvalue weighted by Crippen LogP contribution is -2.20. The monoisotopic (exact) mass is 402 g/mol. The molecule has 0 aliphatic rings. The third-order valence-electron chi connectivity index (χ3n) is 4.00. The Kier molecular flexibility index (Phi) is 6.60. The van der Waals surface area contributed by atoms with Crippen LogP contribution in [0.5, 0.6) is 5.75 Å². The molecule has 2 aromatic carbocycles. The third kappa shape index (κ3) is 5.19. The van der Waals surface area contributed by atoms with Crippen LogP contribution in [0.1, 0.15) is 34.0 Å². The molecule has 152 valence electrons. The number of benzene rings is 2. The number of alkyl halides is 3. The minimum Gasteiger partial charge on any atom is -0.483 e. The van der Waals surface area contributed by atoms with Gasteiger partial charge in [0.2, 0.25) is 0 Å². The van der Waals surface area contributed by atoms with Crippen LogP contribution < -0.4 is 10.5 Å². The van der Waals surface area contributed by atoms with E-state index in [0.717, 1.165) is 24.3 Å². The number of nitrogens with two attached hydrogens (primary N) is 1. The van der Waals surface area contributed by atoms with E-state index < -0.39 is 46.7 Å². The summed E-state index contributed by atoms with van der Waals surface area (Å²) in [5, 5.41) is 0. The van der Waals surface area contributed by atoms with Gasteiger partial charge in [-0.25, -0.2) is 8.78 Å². The molecule has 0 aromatic heterocycles. The summed E-state index contributed by atoms with van der Waals surface area (Å²) in [7, 11) is 3.51. The van der Waals surface area contributed by atoms with Crippen molar-refractivity contribution >= 4 is 5.91 Å². The molecule has 0 saturated heterocycles. The molecular formula is C19H19F5N2O2. The van der Waals surface area contributed by atoms with Crippen molar-refractivity contribution in [1.29, 1.82) is 0 Å². The molecule has 28 heavy (non-hydrogen) atoms. The quantitative estimate of drug-likeness (QED) is 0.708. The highest BCUT2D eigenvalue weighted by atomic mass is 19.4. The molecule has 0 bridgehead atoms. The second-order valence-electron chi connectivity index (χ2n) is 6.42. The molecule has 1 amide bonds. The van der Waals surface area contributed by atoms with Crippen LogP contribution in [0.2, 0.25) is 0 Å². The maximum Gasteiger partial charge on any atom is 0.416 e. The molecule has 4 nitrogen and oxygen atoms in total. The molecular weight excluding hydrogens is 383 g/mol. The van der Waals surface area contributed by atoms with Gasteiger partial charge in [-0.05, 0) is 43.9 Å². The van der Waals surface area contributed by atoms with Crippen molar-refractivity contribution in [1.82, 2.24) is 4.90 Å². The molecule has 0 aliphatic carbocycles. The number of carbonyl (C=O) groups is 1. The van der Waals surface area contributed by atoms with E-state index in [4.69, 9.17) is 10.5 Å².